The van der Waals surface area contributed by atoms with Gasteiger partial charge in [0.1, 0.15) is 12.4 Å². The molecule has 3 heteroatoms. The SMILES string of the molecule is CC(C)C(C)N(C)CCOc1ccc(C#N)cc1. The molecule has 98 valence electrons. The summed E-state index contributed by atoms with van der Waals surface area (Å²) in [5.41, 5.74) is 0.660. The van der Waals surface area contributed by atoms with Gasteiger partial charge < -0.3 is 9.64 Å². The average molecular weight is 246 g/mol. The molecule has 3 nitrogen and oxygen atoms in total. The number of rotatable bonds is 6. The molecule has 0 aliphatic heterocycles. The maximum absolute atomic E-state index is 8.69. The molecule has 0 spiro atoms. The van der Waals surface area contributed by atoms with Crippen LogP contribution in [0.4, 0.5) is 0 Å². The van der Waals surface area contributed by atoms with Crippen molar-refractivity contribution >= 4 is 0 Å². The van der Waals surface area contributed by atoms with Crippen molar-refractivity contribution in [2.24, 2.45) is 5.92 Å². The number of nitrogens with zero attached hydrogens (tertiary/aromatic N) is 2. The molecular weight excluding hydrogens is 224 g/mol. The summed E-state index contributed by atoms with van der Waals surface area (Å²) in [6.07, 6.45) is 0. The van der Waals surface area contributed by atoms with Gasteiger partial charge in [-0.3, -0.25) is 0 Å². The van der Waals surface area contributed by atoms with Crippen molar-refractivity contribution < 1.29 is 4.74 Å². The van der Waals surface area contributed by atoms with Crippen LogP contribution in [0.15, 0.2) is 24.3 Å². The molecule has 1 rings (SSSR count). The highest BCUT2D eigenvalue weighted by Crippen LogP contribution is 2.12. The van der Waals surface area contributed by atoms with Gasteiger partial charge in [-0.1, -0.05) is 13.8 Å². The van der Waals surface area contributed by atoms with Crippen LogP contribution in [0.2, 0.25) is 0 Å². The van der Waals surface area contributed by atoms with Crippen LogP contribution in [-0.2, 0) is 0 Å². The van der Waals surface area contributed by atoms with E-state index in [4.69, 9.17) is 10.00 Å². The van der Waals surface area contributed by atoms with E-state index in [1.807, 2.05) is 12.1 Å². The van der Waals surface area contributed by atoms with Crippen molar-refractivity contribution in [3.8, 4) is 11.8 Å². The topological polar surface area (TPSA) is 36.3 Å². The van der Waals surface area contributed by atoms with Crippen molar-refractivity contribution in [3.05, 3.63) is 29.8 Å². The van der Waals surface area contributed by atoms with Crippen LogP contribution in [0.25, 0.3) is 0 Å². The number of ether oxygens (including phenoxy) is 1. The van der Waals surface area contributed by atoms with Gasteiger partial charge in [0.2, 0.25) is 0 Å². The molecule has 18 heavy (non-hydrogen) atoms. The zero-order valence-corrected chi connectivity index (χ0v) is 11.7. The highest BCUT2D eigenvalue weighted by atomic mass is 16.5. The molecule has 0 heterocycles. The molecule has 1 aromatic rings. The van der Waals surface area contributed by atoms with Gasteiger partial charge >= 0.3 is 0 Å². The molecule has 0 aromatic heterocycles. The van der Waals surface area contributed by atoms with Gasteiger partial charge in [0.05, 0.1) is 11.6 Å². The molecule has 0 bridgehead atoms. The fourth-order valence-corrected chi connectivity index (χ4v) is 1.65. The van der Waals surface area contributed by atoms with Gasteiger partial charge in [-0.15, -0.1) is 0 Å². The van der Waals surface area contributed by atoms with Crippen molar-refractivity contribution in [2.75, 3.05) is 20.2 Å². The van der Waals surface area contributed by atoms with Crippen molar-refractivity contribution in [2.45, 2.75) is 26.8 Å². The van der Waals surface area contributed by atoms with Gasteiger partial charge in [0.15, 0.2) is 0 Å². The summed E-state index contributed by atoms with van der Waals surface area (Å²) >= 11 is 0. The van der Waals surface area contributed by atoms with Crippen LogP contribution < -0.4 is 4.74 Å². The Balaban J connectivity index is 2.35. The highest BCUT2D eigenvalue weighted by Gasteiger charge is 2.12. The first kappa shape index (κ1) is 14.5. The van der Waals surface area contributed by atoms with Crippen LogP contribution in [0.3, 0.4) is 0 Å². The van der Waals surface area contributed by atoms with Gasteiger partial charge in [-0.2, -0.15) is 5.26 Å². The van der Waals surface area contributed by atoms with E-state index in [2.05, 4.69) is 38.8 Å². The molecule has 0 aliphatic carbocycles. The summed E-state index contributed by atoms with van der Waals surface area (Å²) in [5, 5.41) is 8.69. The minimum Gasteiger partial charge on any atom is -0.492 e. The van der Waals surface area contributed by atoms with Crippen molar-refractivity contribution in [3.63, 3.8) is 0 Å². The average Bonchev–Trinajstić information content (AvgIpc) is 2.38. The Bertz CT molecular complexity index is 392. The summed E-state index contributed by atoms with van der Waals surface area (Å²) < 4.78 is 5.65. The van der Waals surface area contributed by atoms with Gasteiger partial charge in [-0.05, 0) is 44.2 Å². The Labute approximate surface area is 110 Å². The van der Waals surface area contributed by atoms with Crippen molar-refractivity contribution in [1.29, 1.82) is 5.26 Å². The van der Waals surface area contributed by atoms with E-state index in [1.165, 1.54) is 0 Å². The maximum Gasteiger partial charge on any atom is 0.119 e. The predicted octanol–water partition coefficient (Wildman–Crippen LogP) is 2.91. The quantitative estimate of drug-likeness (QED) is 0.774. The summed E-state index contributed by atoms with van der Waals surface area (Å²) in [7, 11) is 2.12. The molecule has 0 radical (unpaired) electrons. The van der Waals surface area contributed by atoms with E-state index >= 15 is 0 Å². The first-order valence-electron chi connectivity index (χ1n) is 6.37. The minimum atomic E-state index is 0.551. The van der Waals surface area contributed by atoms with Gasteiger partial charge in [0.25, 0.3) is 0 Å². The smallest absolute Gasteiger partial charge is 0.119 e. The van der Waals surface area contributed by atoms with Crippen LogP contribution in [-0.4, -0.2) is 31.1 Å². The zero-order valence-electron chi connectivity index (χ0n) is 11.7. The molecular formula is C15H22N2O. The van der Waals surface area contributed by atoms with Crippen molar-refractivity contribution in [1.82, 2.24) is 4.90 Å². The lowest BCUT2D eigenvalue weighted by Crippen LogP contribution is -2.36. The monoisotopic (exact) mass is 246 g/mol. The van der Waals surface area contributed by atoms with E-state index in [0.717, 1.165) is 12.3 Å². The molecule has 0 saturated heterocycles. The Morgan fingerprint density at radius 2 is 1.83 bits per heavy atom. The number of benzene rings is 1. The van der Waals surface area contributed by atoms with E-state index in [0.29, 0.717) is 24.1 Å². The molecule has 0 saturated carbocycles. The molecule has 1 aromatic carbocycles. The van der Waals surface area contributed by atoms with E-state index in [1.54, 1.807) is 12.1 Å². The van der Waals surface area contributed by atoms with Gasteiger partial charge in [0, 0.05) is 12.6 Å². The number of nitriles is 1. The largest absolute Gasteiger partial charge is 0.492 e. The summed E-state index contributed by atoms with van der Waals surface area (Å²) in [6.45, 7) is 8.25. The minimum absolute atomic E-state index is 0.551. The molecule has 0 aliphatic rings. The lowest BCUT2D eigenvalue weighted by atomic mass is 10.1. The lowest BCUT2D eigenvalue weighted by Gasteiger charge is -2.27. The van der Waals surface area contributed by atoms with Gasteiger partial charge in [-0.25, -0.2) is 0 Å². The van der Waals surface area contributed by atoms with Crippen LogP contribution in [0.1, 0.15) is 26.3 Å². The normalized spacial score (nSPS) is 12.5. The Morgan fingerprint density at radius 3 is 2.33 bits per heavy atom. The van der Waals surface area contributed by atoms with Crippen LogP contribution in [0, 0.1) is 17.2 Å². The number of hydrogen-bond donors (Lipinski definition) is 0. The predicted molar refractivity (Wildman–Crippen MR) is 73.6 cm³/mol. The zero-order chi connectivity index (χ0) is 13.5. The van der Waals surface area contributed by atoms with E-state index < -0.39 is 0 Å². The maximum atomic E-state index is 8.69. The first-order valence-corrected chi connectivity index (χ1v) is 6.37. The fraction of sp³-hybridized carbons (Fsp3) is 0.533. The molecule has 0 N–H and O–H groups in total. The van der Waals surface area contributed by atoms with E-state index in [9.17, 15) is 0 Å². The molecule has 1 unspecified atom stereocenters. The second kappa shape index (κ2) is 7.03. The molecule has 0 fully saturated rings. The third-order valence-corrected chi connectivity index (χ3v) is 3.36. The third-order valence-electron chi connectivity index (χ3n) is 3.36. The van der Waals surface area contributed by atoms with Crippen LogP contribution in [0.5, 0.6) is 5.75 Å². The Kier molecular flexibility index (Phi) is 5.67. The van der Waals surface area contributed by atoms with E-state index in [-0.39, 0.29) is 0 Å². The molecule has 1 atom stereocenters. The summed E-state index contributed by atoms with van der Waals surface area (Å²) in [4.78, 5) is 2.30. The lowest BCUT2D eigenvalue weighted by molar-refractivity contribution is 0.170. The Hall–Kier alpha value is -1.53. The number of likely N-dealkylation sites (N-methyl/N-ethyl adjacent to an activating group) is 1. The second-order valence-corrected chi connectivity index (χ2v) is 4.95. The first-order chi connectivity index (χ1) is 8.54. The second-order valence-electron chi connectivity index (χ2n) is 4.95. The Morgan fingerprint density at radius 1 is 1.22 bits per heavy atom. The van der Waals surface area contributed by atoms with Crippen LogP contribution >= 0.6 is 0 Å². The highest BCUT2D eigenvalue weighted by molar-refractivity contribution is 5.34. The third kappa shape index (κ3) is 4.38. The summed E-state index contributed by atoms with van der Waals surface area (Å²) in [5.74, 6) is 1.46. The summed E-state index contributed by atoms with van der Waals surface area (Å²) in [6, 6.07) is 9.87. The molecule has 0 amide bonds. The number of hydrogen-bond acceptors (Lipinski definition) is 3. The standard InChI is InChI=1S/C15H22N2O/c1-12(2)13(3)17(4)9-10-18-15-7-5-14(11-16)6-8-15/h5-8,12-13H,9-10H2,1-4H3. The fourth-order valence-electron chi connectivity index (χ4n) is 1.65.